The van der Waals surface area contributed by atoms with Crippen LogP contribution in [0.1, 0.15) is 50.2 Å². The van der Waals surface area contributed by atoms with E-state index in [0.29, 0.717) is 5.56 Å². The van der Waals surface area contributed by atoms with E-state index in [9.17, 15) is 4.39 Å². The molecule has 94 valence electrons. The summed E-state index contributed by atoms with van der Waals surface area (Å²) in [5, 5.41) is 0. The van der Waals surface area contributed by atoms with Gasteiger partial charge in [0, 0.05) is 5.54 Å². The Labute approximate surface area is 103 Å². The van der Waals surface area contributed by atoms with Crippen LogP contribution < -0.4 is 5.73 Å². The monoisotopic (exact) mass is 235 g/mol. The standard InChI is InChI=1S/C15H22FN/c1-11-7-8-13(9-14(11)16)15(2,17)10-12-5-3-4-6-12/h7-9,12H,3-6,10,17H2,1-2H3. The molecule has 2 N–H and O–H groups in total. The zero-order valence-corrected chi connectivity index (χ0v) is 10.8. The van der Waals surface area contributed by atoms with Gasteiger partial charge in [-0.05, 0) is 43.4 Å². The van der Waals surface area contributed by atoms with E-state index in [1.165, 1.54) is 25.7 Å². The van der Waals surface area contributed by atoms with Crippen molar-refractivity contribution in [3.8, 4) is 0 Å². The molecule has 1 nitrogen and oxygen atoms in total. The first-order valence-electron chi connectivity index (χ1n) is 6.54. The number of hydrogen-bond acceptors (Lipinski definition) is 1. The summed E-state index contributed by atoms with van der Waals surface area (Å²) < 4.78 is 13.6. The maximum absolute atomic E-state index is 13.6. The summed E-state index contributed by atoms with van der Waals surface area (Å²) in [5.41, 5.74) is 7.58. The molecule has 1 unspecified atom stereocenters. The summed E-state index contributed by atoms with van der Waals surface area (Å²) in [4.78, 5) is 0. The lowest BCUT2D eigenvalue weighted by molar-refractivity contribution is 0.348. The summed E-state index contributed by atoms with van der Waals surface area (Å²) in [6.45, 7) is 3.80. The zero-order valence-electron chi connectivity index (χ0n) is 10.8. The van der Waals surface area contributed by atoms with Crippen molar-refractivity contribution in [2.45, 2.75) is 51.5 Å². The third-order valence-electron chi connectivity index (χ3n) is 4.02. The average Bonchev–Trinajstić information content (AvgIpc) is 2.73. The van der Waals surface area contributed by atoms with Crippen molar-refractivity contribution in [2.24, 2.45) is 11.7 Å². The fraction of sp³-hybridized carbons (Fsp3) is 0.600. The number of benzene rings is 1. The molecule has 0 spiro atoms. The molecule has 1 fully saturated rings. The largest absolute Gasteiger partial charge is 0.322 e. The molecule has 17 heavy (non-hydrogen) atoms. The molecule has 0 bridgehead atoms. The highest BCUT2D eigenvalue weighted by atomic mass is 19.1. The maximum Gasteiger partial charge on any atom is 0.126 e. The highest BCUT2D eigenvalue weighted by Gasteiger charge is 2.28. The molecule has 1 aliphatic rings. The van der Waals surface area contributed by atoms with E-state index in [1.807, 2.05) is 19.1 Å². The van der Waals surface area contributed by atoms with Gasteiger partial charge in [0.1, 0.15) is 5.82 Å². The maximum atomic E-state index is 13.6. The lowest BCUT2D eigenvalue weighted by Crippen LogP contribution is -2.35. The van der Waals surface area contributed by atoms with Crippen LogP contribution in [0, 0.1) is 18.7 Å². The van der Waals surface area contributed by atoms with Crippen LogP contribution in [0.15, 0.2) is 18.2 Å². The van der Waals surface area contributed by atoms with Gasteiger partial charge >= 0.3 is 0 Å². The lowest BCUT2D eigenvalue weighted by Gasteiger charge is -2.28. The van der Waals surface area contributed by atoms with Gasteiger partial charge in [0.15, 0.2) is 0 Å². The summed E-state index contributed by atoms with van der Waals surface area (Å²) in [6, 6.07) is 5.39. The van der Waals surface area contributed by atoms with Crippen LogP contribution in [0.2, 0.25) is 0 Å². The SMILES string of the molecule is Cc1ccc(C(C)(N)CC2CCCC2)cc1F. The molecule has 0 amide bonds. The second-order valence-electron chi connectivity index (χ2n) is 5.74. The number of aryl methyl sites for hydroxylation is 1. The van der Waals surface area contributed by atoms with Gasteiger partial charge in [-0.2, -0.15) is 0 Å². The summed E-state index contributed by atoms with van der Waals surface area (Å²) in [5.74, 6) is 0.569. The molecule has 1 aromatic carbocycles. The van der Waals surface area contributed by atoms with Crippen molar-refractivity contribution in [3.63, 3.8) is 0 Å². The molecule has 0 heterocycles. The molecule has 0 aliphatic heterocycles. The van der Waals surface area contributed by atoms with E-state index < -0.39 is 5.54 Å². The van der Waals surface area contributed by atoms with Crippen molar-refractivity contribution in [1.29, 1.82) is 0 Å². The van der Waals surface area contributed by atoms with Crippen molar-refractivity contribution in [1.82, 2.24) is 0 Å². The lowest BCUT2D eigenvalue weighted by atomic mass is 9.83. The van der Waals surface area contributed by atoms with E-state index >= 15 is 0 Å². The van der Waals surface area contributed by atoms with Gasteiger partial charge in [0.2, 0.25) is 0 Å². The second-order valence-corrected chi connectivity index (χ2v) is 5.74. The summed E-state index contributed by atoms with van der Waals surface area (Å²) in [6.07, 6.45) is 6.17. The van der Waals surface area contributed by atoms with Gasteiger partial charge in [-0.25, -0.2) is 4.39 Å². The van der Waals surface area contributed by atoms with Gasteiger partial charge in [-0.15, -0.1) is 0 Å². The van der Waals surface area contributed by atoms with Gasteiger partial charge in [0.05, 0.1) is 0 Å². The first-order valence-corrected chi connectivity index (χ1v) is 6.54. The number of rotatable bonds is 3. The number of hydrogen-bond donors (Lipinski definition) is 1. The average molecular weight is 235 g/mol. The Bertz CT molecular complexity index is 392. The van der Waals surface area contributed by atoms with Crippen molar-refractivity contribution in [2.75, 3.05) is 0 Å². The Morgan fingerprint density at radius 1 is 1.35 bits per heavy atom. The Morgan fingerprint density at radius 2 is 2.00 bits per heavy atom. The van der Waals surface area contributed by atoms with E-state index in [4.69, 9.17) is 5.73 Å². The molecule has 1 aliphatic carbocycles. The summed E-state index contributed by atoms with van der Waals surface area (Å²) in [7, 11) is 0. The molecule has 1 aromatic rings. The topological polar surface area (TPSA) is 26.0 Å². The van der Waals surface area contributed by atoms with E-state index in [2.05, 4.69) is 0 Å². The van der Waals surface area contributed by atoms with Crippen molar-refractivity contribution < 1.29 is 4.39 Å². The molecule has 2 heteroatoms. The van der Waals surface area contributed by atoms with Crippen LogP contribution in [0.3, 0.4) is 0 Å². The van der Waals surface area contributed by atoms with Gasteiger partial charge in [0.25, 0.3) is 0 Å². The zero-order chi connectivity index (χ0) is 12.5. The molecule has 0 radical (unpaired) electrons. The smallest absolute Gasteiger partial charge is 0.126 e. The Hall–Kier alpha value is -0.890. The van der Waals surface area contributed by atoms with Gasteiger partial charge in [-0.3, -0.25) is 0 Å². The Morgan fingerprint density at radius 3 is 2.59 bits per heavy atom. The quantitative estimate of drug-likeness (QED) is 0.845. The number of halogens is 1. The highest BCUT2D eigenvalue weighted by molar-refractivity contribution is 5.28. The predicted octanol–water partition coefficient (Wildman–Crippen LogP) is 3.89. The van der Waals surface area contributed by atoms with Crippen LogP contribution in [0.5, 0.6) is 0 Å². The fourth-order valence-corrected chi connectivity index (χ4v) is 2.88. The third kappa shape index (κ3) is 2.86. The second kappa shape index (κ2) is 4.77. The number of nitrogens with two attached hydrogens (primary N) is 1. The van der Waals surface area contributed by atoms with Gasteiger partial charge < -0.3 is 5.73 Å². The van der Waals surface area contributed by atoms with Gasteiger partial charge in [-0.1, -0.05) is 37.8 Å². The first kappa shape index (κ1) is 12.6. The van der Waals surface area contributed by atoms with E-state index in [0.717, 1.165) is 17.9 Å². The molecular formula is C15H22FN. The van der Waals surface area contributed by atoms with Crippen LogP contribution in [-0.2, 0) is 5.54 Å². The normalized spacial score (nSPS) is 20.5. The fourth-order valence-electron chi connectivity index (χ4n) is 2.88. The molecule has 1 atom stereocenters. The van der Waals surface area contributed by atoms with E-state index in [1.54, 1.807) is 13.0 Å². The van der Waals surface area contributed by atoms with Crippen LogP contribution >= 0.6 is 0 Å². The van der Waals surface area contributed by atoms with Crippen molar-refractivity contribution in [3.05, 3.63) is 35.1 Å². The van der Waals surface area contributed by atoms with Crippen LogP contribution in [-0.4, -0.2) is 0 Å². The van der Waals surface area contributed by atoms with Crippen molar-refractivity contribution >= 4 is 0 Å². The minimum Gasteiger partial charge on any atom is -0.322 e. The Balaban J connectivity index is 2.14. The molecule has 1 saturated carbocycles. The minimum absolute atomic E-state index is 0.148. The highest BCUT2D eigenvalue weighted by Crippen LogP contribution is 2.35. The summed E-state index contributed by atoms with van der Waals surface area (Å²) >= 11 is 0. The predicted molar refractivity (Wildman–Crippen MR) is 69.3 cm³/mol. The molecule has 0 saturated heterocycles. The third-order valence-corrected chi connectivity index (χ3v) is 4.02. The molecular weight excluding hydrogens is 213 g/mol. The van der Waals surface area contributed by atoms with Crippen LogP contribution in [0.25, 0.3) is 0 Å². The first-order chi connectivity index (χ1) is 7.99. The van der Waals surface area contributed by atoms with E-state index in [-0.39, 0.29) is 5.82 Å². The van der Waals surface area contributed by atoms with Crippen LogP contribution in [0.4, 0.5) is 4.39 Å². The minimum atomic E-state index is -0.399. The Kier molecular flexibility index (Phi) is 3.53. The molecule has 0 aromatic heterocycles. The molecule has 2 rings (SSSR count).